The highest BCUT2D eigenvalue weighted by Gasteiger charge is 2.53. The van der Waals surface area contributed by atoms with Gasteiger partial charge >= 0.3 is 0 Å². The Hall–Kier alpha value is -6.00. The Balaban J connectivity index is 1.06. The third kappa shape index (κ3) is 4.30. The van der Waals surface area contributed by atoms with Crippen molar-refractivity contribution in [3.8, 4) is 5.69 Å². The lowest BCUT2D eigenvalue weighted by atomic mass is 9.33. The molecule has 2 aliphatic heterocycles. The number of anilines is 6. The molecule has 0 N–H and O–H groups in total. The van der Waals surface area contributed by atoms with Gasteiger partial charge in [0.25, 0.3) is 6.71 Å². The molecule has 0 saturated heterocycles. The van der Waals surface area contributed by atoms with E-state index in [-0.39, 0.29) is 12.1 Å². The number of hydrogen-bond acceptors (Lipinski definition) is 2. The number of hydrogen-bond donors (Lipinski definition) is 0. The fraction of sp³-hybridized carbons (Fsp3) is 0.192. The number of nitrogens with zero attached hydrogens (tertiary/aromatic N) is 3. The van der Waals surface area contributed by atoms with Crippen LogP contribution in [0.2, 0.25) is 0 Å². The molecule has 3 heterocycles. The first-order valence-electron chi connectivity index (χ1n) is 20.8. The molecule has 4 heteroatoms. The van der Waals surface area contributed by atoms with Crippen LogP contribution in [0.25, 0.3) is 27.5 Å². The molecule has 268 valence electrons. The third-order valence-corrected chi connectivity index (χ3v) is 14.5. The number of fused-ring (bicyclic) bond motifs is 7. The summed E-state index contributed by atoms with van der Waals surface area (Å²) in [4.78, 5) is 5.20. The third-order valence-electron chi connectivity index (χ3n) is 14.5. The fourth-order valence-corrected chi connectivity index (χ4v) is 12.8. The van der Waals surface area contributed by atoms with E-state index in [9.17, 15) is 0 Å². The molecule has 1 aromatic heterocycles. The molecule has 14 rings (SSSR count). The quantitative estimate of drug-likeness (QED) is 0.168. The van der Waals surface area contributed by atoms with Crippen LogP contribution in [0.4, 0.5) is 34.1 Å². The van der Waals surface area contributed by atoms with Crippen LogP contribution < -0.4 is 26.2 Å². The minimum atomic E-state index is 0.144. The van der Waals surface area contributed by atoms with Crippen LogP contribution in [0.15, 0.2) is 164 Å². The minimum absolute atomic E-state index is 0.144. The van der Waals surface area contributed by atoms with Gasteiger partial charge in [-0.2, -0.15) is 0 Å². The van der Waals surface area contributed by atoms with Crippen molar-refractivity contribution in [2.45, 2.75) is 43.9 Å². The summed E-state index contributed by atoms with van der Waals surface area (Å²) in [5.74, 6) is 2.62. The Bertz CT molecular complexity index is 2780. The van der Waals surface area contributed by atoms with E-state index < -0.39 is 0 Å². The van der Waals surface area contributed by atoms with Gasteiger partial charge in [0.2, 0.25) is 0 Å². The van der Waals surface area contributed by atoms with E-state index in [4.69, 9.17) is 0 Å². The van der Waals surface area contributed by atoms with Gasteiger partial charge in [-0.05, 0) is 156 Å². The minimum Gasteiger partial charge on any atom is -0.311 e. The first kappa shape index (κ1) is 31.2. The first-order chi connectivity index (χ1) is 27.7. The van der Waals surface area contributed by atoms with E-state index in [1.807, 2.05) is 0 Å². The summed E-state index contributed by atoms with van der Waals surface area (Å²) in [6.07, 6.45) is 8.35. The van der Waals surface area contributed by atoms with Crippen LogP contribution in [0.1, 0.15) is 44.1 Å². The molecule has 3 nitrogen and oxygen atoms in total. The standard InChI is InChI=1S/C52H42BN3/c1-2-12-38(13-3-1)55-47-20-10-6-16-43(47)53-44-17-7-11-21-48(44)56(50-30-37(29-49(55)51(50)53)52-31-34-26-35(32-52)28-36(27-34)33-52)40-24-22-39(23-25-40)54-45-18-8-4-14-41(45)42-15-5-9-19-46(42)54/h1-25,29-30,34-36H,26-28,31-33H2. The zero-order valence-corrected chi connectivity index (χ0v) is 31.5. The summed E-state index contributed by atoms with van der Waals surface area (Å²) in [6, 6.07) is 61.9. The van der Waals surface area contributed by atoms with Crippen LogP contribution in [0.3, 0.4) is 0 Å². The zero-order valence-electron chi connectivity index (χ0n) is 31.5. The molecule has 6 aliphatic rings. The summed E-state index contributed by atoms with van der Waals surface area (Å²) >= 11 is 0. The van der Waals surface area contributed by atoms with E-state index in [2.05, 4.69) is 178 Å². The highest BCUT2D eigenvalue weighted by molar-refractivity contribution is 7.00. The van der Waals surface area contributed by atoms with Crippen LogP contribution in [0, 0.1) is 17.8 Å². The molecule has 4 fully saturated rings. The summed E-state index contributed by atoms with van der Waals surface area (Å²) in [7, 11) is 0. The van der Waals surface area contributed by atoms with Gasteiger partial charge in [-0.15, -0.1) is 0 Å². The molecule has 4 bridgehead atoms. The van der Waals surface area contributed by atoms with Gasteiger partial charge in [-0.1, -0.05) is 91.0 Å². The van der Waals surface area contributed by atoms with Gasteiger partial charge in [0.05, 0.1) is 11.0 Å². The van der Waals surface area contributed by atoms with Gasteiger partial charge in [0, 0.05) is 50.6 Å². The maximum atomic E-state index is 2.67. The normalized spacial score (nSPS) is 22.7. The van der Waals surface area contributed by atoms with Crippen molar-refractivity contribution >= 4 is 79.0 Å². The Morgan fingerprint density at radius 1 is 0.429 bits per heavy atom. The molecular weight excluding hydrogens is 677 g/mol. The van der Waals surface area contributed by atoms with Crippen molar-refractivity contribution < 1.29 is 0 Å². The van der Waals surface area contributed by atoms with Crippen LogP contribution >= 0.6 is 0 Å². The molecule has 4 saturated carbocycles. The maximum Gasteiger partial charge on any atom is 0.252 e. The van der Waals surface area contributed by atoms with Gasteiger partial charge in [-0.3, -0.25) is 0 Å². The van der Waals surface area contributed by atoms with E-state index in [0.717, 1.165) is 17.8 Å². The van der Waals surface area contributed by atoms with E-state index >= 15 is 0 Å². The predicted molar refractivity (Wildman–Crippen MR) is 235 cm³/mol. The Labute approximate surface area is 328 Å². The SMILES string of the molecule is c1ccc(N2c3ccccc3B3c4ccccc4N(c4ccc(-n5c6ccccc6c6ccccc65)cc4)c4cc(C56CC7CC(CC(C7)C5)C6)cc2c43)cc1. The lowest BCUT2D eigenvalue weighted by molar-refractivity contribution is -0.00514. The summed E-state index contributed by atoms with van der Waals surface area (Å²) in [5.41, 5.74) is 17.4. The molecule has 0 atom stereocenters. The molecule has 4 aliphatic carbocycles. The van der Waals surface area contributed by atoms with Crippen LogP contribution in [-0.4, -0.2) is 11.3 Å². The van der Waals surface area contributed by atoms with E-state index in [0.29, 0.717) is 0 Å². The van der Waals surface area contributed by atoms with Crippen LogP contribution in [0.5, 0.6) is 0 Å². The second-order valence-corrected chi connectivity index (χ2v) is 17.6. The van der Waals surface area contributed by atoms with Crippen molar-refractivity contribution in [2.24, 2.45) is 17.8 Å². The molecule has 0 spiro atoms. The number of aromatic nitrogens is 1. The van der Waals surface area contributed by atoms with Gasteiger partial charge in [-0.25, -0.2) is 0 Å². The molecule has 0 radical (unpaired) electrons. The monoisotopic (exact) mass is 719 g/mol. The number of benzene rings is 7. The molecular formula is C52H42BN3. The molecule has 0 unspecified atom stereocenters. The van der Waals surface area contributed by atoms with Crippen molar-refractivity contribution in [3.63, 3.8) is 0 Å². The Kier molecular flexibility index (Phi) is 6.43. The van der Waals surface area contributed by atoms with Gasteiger partial charge < -0.3 is 14.4 Å². The molecule has 56 heavy (non-hydrogen) atoms. The molecule has 0 amide bonds. The summed E-state index contributed by atoms with van der Waals surface area (Å²) in [5, 5.41) is 2.58. The van der Waals surface area contributed by atoms with Crippen molar-refractivity contribution in [1.29, 1.82) is 0 Å². The summed E-state index contributed by atoms with van der Waals surface area (Å²) in [6.45, 7) is 0.144. The van der Waals surface area contributed by atoms with Crippen LogP contribution in [-0.2, 0) is 5.41 Å². The number of para-hydroxylation sites is 5. The largest absolute Gasteiger partial charge is 0.311 e. The second-order valence-electron chi connectivity index (χ2n) is 17.6. The van der Waals surface area contributed by atoms with Crippen molar-refractivity contribution in [1.82, 2.24) is 4.57 Å². The zero-order chi connectivity index (χ0) is 36.5. The van der Waals surface area contributed by atoms with Crippen molar-refractivity contribution in [2.75, 3.05) is 9.80 Å². The van der Waals surface area contributed by atoms with E-state index in [1.54, 1.807) is 5.56 Å². The van der Waals surface area contributed by atoms with E-state index in [1.165, 1.54) is 117 Å². The topological polar surface area (TPSA) is 11.4 Å². The Morgan fingerprint density at radius 2 is 0.875 bits per heavy atom. The number of rotatable bonds is 4. The highest BCUT2D eigenvalue weighted by atomic mass is 15.2. The first-order valence-corrected chi connectivity index (χ1v) is 20.8. The highest BCUT2D eigenvalue weighted by Crippen LogP contribution is 2.62. The fourth-order valence-electron chi connectivity index (χ4n) is 12.8. The molecule has 8 aromatic rings. The average molecular weight is 720 g/mol. The molecule has 7 aromatic carbocycles. The van der Waals surface area contributed by atoms with Gasteiger partial charge in [0.1, 0.15) is 0 Å². The van der Waals surface area contributed by atoms with Crippen molar-refractivity contribution in [3.05, 3.63) is 169 Å². The lowest BCUT2D eigenvalue weighted by Crippen LogP contribution is -2.61. The lowest BCUT2D eigenvalue weighted by Gasteiger charge is -2.57. The summed E-state index contributed by atoms with van der Waals surface area (Å²) < 4.78 is 2.43. The Morgan fingerprint density at radius 3 is 1.43 bits per heavy atom. The maximum absolute atomic E-state index is 2.67. The average Bonchev–Trinajstić information content (AvgIpc) is 3.58. The second kappa shape index (κ2) is 11.5. The van der Waals surface area contributed by atoms with Gasteiger partial charge in [0.15, 0.2) is 0 Å². The predicted octanol–water partition coefficient (Wildman–Crippen LogP) is 11.3. The smallest absolute Gasteiger partial charge is 0.252 e.